The molecule has 6 nitrogen and oxygen atoms in total. The molecule has 1 amide bonds. The van der Waals surface area contributed by atoms with Gasteiger partial charge in [-0.3, -0.25) is 4.79 Å². The van der Waals surface area contributed by atoms with Crippen molar-refractivity contribution in [3.05, 3.63) is 52.5 Å². The summed E-state index contributed by atoms with van der Waals surface area (Å²) in [5, 5.41) is 2.81. The molecule has 1 N–H and O–H groups in total. The molecule has 0 bridgehead atoms. The van der Waals surface area contributed by atoms with Crippen LogP contribution in [0.3, 0.4) is 0 Å². The van der Waals surface area contributed by atoms with Gasteiger partial charge in [-0.05, 0) is 55.7 Å². The number of benzene rings is 2. The van der Waals surface area contributed by atoms with E-state index in [2.05, 4.69) is 21.2 Å². The fourth-order valence-electron chi connectivity index (χ4n) is 3.80. The summed E-state index contributed by atoms with van der Waals surface area (Å²) in [6.07, 6.45) is 4.49. The number of carbonyl (C=O) groups is 1. The molecule has 0 atom stereocenters. The van der Waals surface area contributed by atoms with Crippen LogP contribution in [0.15, 0.2) is 51.8 Å². The lowest BCUT2D eigenvalue weighted by Gasteiger charge is -2.33. The number of nitrogens with one attached hydrogen (secondary N) is 1. The smallest absolute Gasteiger partial charge is 0.247 e. The van der Waals surface area contributed by atoms with Crippen molar-refractivity contribution in [3.63, 3.8) is 0 Å². The van der Waals surface area contributed by atoms with Crippen LogP contribution in [0, 0.1) is 6.92 Å². The third-order valence-electron chi connectivity index (χ3n) is 5.30. The summed E-state index contributed by atoms with van der Waals surface area (Å²) in [5.41, 5.74) is 1.43. The lowest BCUT2D eigenvalue weighted by atomic mass is 9.95. The van der Waals surface area contributed by atoms with E-state index < -0.39 is 10.0 Å². The first kappa shape index (κ1) is 22.8. The molecule has 0 aliphatic heterocycles. The molecule has 3 rings (SSSR count). The number of methoxy groups -OCH3 is 1. The largest absolute Gasteiger partial charge is 0.495 e. The second-order valence-corrected chi connectivity index (χ2v) is 10.3. The van der Waals surface area contributed by atoms with Crippen molar-refractivity contribution < 1.29 is 17.9 Å². The molecule has 0 heterocycles. The molecule has 8 heteroatoms. The number of sulfonamides is 1. The van der Waals surface area contributed by atoms with Gasteiger partial charge in [-0.15, -0.1) is 0 Å². The second kappa shape index (κ2) is 9.94. The molecular formula is C22H27BrN2O4S. The summed E-state index contributed by atoms with van der Waals surface area (Å²) < 4.78 is 34.8. The molecule has 1 saturated carbocycles. The van der Waals surface area contributed by atoms with Gasteiger partial charge in [0.15, 0.2) is 0 Å². The first-order valence-corrected chi connectivity index (χ1v) is 12.3. The summed E-state index contributed by atoms with van der Waals surface area (Å²) in [5.74, 6) is -0.0809. The quantitative estimate of drug-likeness (QED) is 0.603. The van der Waals surface area contributed by atoms with E-state index in [0.717, 1.165) is 42.1 Å². The average molecular weight is 495 g/mol. The highest BCUT2D eigenvalue weighted by atomic mass is 79.9. The average Bonchev–Trinajstić information content (AvgIpc) is 2.72. The Labute approximate surface area is 186 Å². The van der Waals surface area contributed by atoms with Crippen molar-refractivity contribution in [2.75, 3.05) is 19.0 Å². The molecule has 0 spiro atoms. The molecular weight excluding hydrogens is 468 g/mol. The maximum atomic E-state index is 13.7. The van der Waals surface area contributed by atoms with E-state index in [0.29, 0.717) is 5.69 Å². The van der Waals surface area contributed by atoms with E-state index in [1.54, 1.807) is 24.3 Å². The molecule has 0 radical (unpaired) electrons. The van der Waals surface area contributed by atoms with Gasteiger partial charge in [0, 0.05) is 16.2 Å². The van der Waals surface area contributed by atoms with E-state index in [1.807, 2.05) is 25.1 Å². The van der Waals surface area contributed by atoms with Gasteiger partial charge in [-0.2, -0.15) is 4.31 Å². The molecule has 2 aromatic carbocycles. The maximum absolute atomic E-state index is 13.7. The predicted octanol–water partition coefficient (Wildman–Crippen LogP) is 4.73. The Morgan fingerprint density at radius 2 is 1.90 bits per heavy atom. The van der Waals surface area contributed by atoms with Crippen LogP contribution in [0.5, 0.6) is 5.75 Å². The fourth-order valence-corrected chi connectivity index (χ4v) is 6.08. The molecule has 1 aliphatic rings. The summed E-state index contributed by atoms with van der Waals surface area (Å²) in [4.78, 5) is 12.9. The van der Waals surface area contributed by atoms with E-state index in [9.17, 15) is 13.2 Å². The van der Waals surface area contributed by atoms with Crippen LogP contribution >= 0.6 is 15.9 Å². The Morgan fingerprint density at radius 3 is 2.57 bits per heavy atom. The zero-order chi connectivity index (χ0) is 21.7. The first-order chi connectivity index (χ1) is 14.3. The SMILES string of the molecule is COc1ccc(C)cc1S(=O)(=O)N(CC(=O)Nc1cccc(Br)c1)C1CCCCC1. The monoisotopic (exact) mass is 494 g/mol. The molecule has 0 saturated heterocycles. The second-order valence-electron chi connectivity index (χ2n) is 7.55. The van der Waals surface area contributed by atoms with Gasteiger partial charge in [0.2, 0.25) is 15.9 Å². The van der Waals surface area contributed by atoms with Crippen molar-refractivity contribution in [1.29, 1.82) is 0 Å². The van der Waals surface area contributed by atoms with Crippen LogP contribution in [-0.4, -0.2) is 38.3 Å². The third-order valence-corrected chi connectivity index (χ3v) is 7.71. The number of hydrogen-bond acceptors (Lipinski definition) is 4. The number of anilines is 1. The summed E-state index contributed by atoms with van der Waals surface area (Å²) in [7, 11) is -2.47. The maximum Gasteiger partial charge on any atom is 0.247 e. The van der Waals surface area contributed by atoms with Gasteiger partial charge in [0.1, 0.15) is 10.6 Å². The highest BCUT2D eigenvalue weighted by molar-refractivity contribution is 9.10. The van der Waals surface area contributed by atoms with Gasteiger partial charge in [0.05, 0.1) is 13.7 Å². The van der Waals surface area contributed by atoms with E-state index in [-0.39, 0.29) is 29.1 Å². The zero-order valence-electron chi connectivity index (χ0n) is 17.2. The van der Waals surface area contributed by atoms with Crippen molar-refractivity contribution >= 4 is 37.5 Å². The Balaban J connectivity index is 1.92. The summed E-state index contributed by atoms with van der Waals surface area (Å²) >= 11 is 3.38. The van der Waals surface area contributed by atoms with Crippen molar-refractivity contribution in [2.45, 2.75) is 50.0 Å². The molecule has 0 unspecified atom stereocenters. The van der Waals surface area contributed by atoms with Gasteiger partial charge in [-0.1, -0.05) is 47.3 Å². The number of amides is 1. The Morgan fingerprint density at radius 1 is 1.17 bits per heavy atom. The Bertz CT molecular complexity index is 1000. The molecule has 162 valence electrons. The number of halogens is 1. The topological polar surface area (TPSA) is 75.7 Å². The van der Waals surface area contributed by atoms with Crippen LogP contribution in [0.4, 0.5) is 5.69 Å². The number of hydrogen-bond donors (Lipinski definition) is 1. The standard InChI is InChI=1S/C22H27BrN2O4S/c1-16-11-12-20(29-2)21(13-16)30(27,28)25(19-9-4-3-5-10-19)15-22(26)24-18-8-6-7-17(23)14-18/h6-8,11-14,19H,3-5,9-10,15H2,1-2H3,(H,24,26). The normalized spacial score (nSPS) is 15.2. The Hall–Kier alpha value is -1.90. The minimum absolute atomic E-state index is 0.103. The third kappa shape index (κ3) is 5.42. The van der Waals surface area contributed by atoms with Gasteiger partial charge >= 0.3 is 0 Å². The summed E-state index contributed by atoms with van der Waals surface area (Å²) in [6, 6.07) is 12.1. The zero-order valence-corrected chi connectivity index (χ0v) is 19.6. The van der Waals surface area contributed by atoms with Crippen LogP contribution in [0.25, 0.3) is 0 Å². The lowest BCUT2D eigenvalue weighted by Crippen LogP contribution is -2.45. The van der Waals surface area contributed by atoms with Gasteiger partial charge < -0.3 is 10.1 Å². The molecule has 0 aromatic heterocycles. The molecule has 30 heavy (non-hydrogen) atoms. The number of ether oxygens (including phenoxy) is 1. The number of carbonyl (C=O) groups excluding carboxylic acids is 1. The molecule has 2 aromatic rings. The molecule has 1 aliphatic carbocycles. The van der Waals surface area contributed by atoms with E-state index in [1.165, 1.54) is 11.4 Å². The van der Waals surface area contributed by atoms with Gasteiger partial charge in [0.25, 0.3) is 0 Å². The fraction of sp³-hybridized carbons (Fsp3) is 0.409. The van der Waals surface area contributed by atoms with Crippen LogP contribution < -0.4 is 10.1 Å². The highest BCUT2D eigenvalue weighted by Crippen LogP contribution is 2.32. The van der Waals surface area contributed by atoms with Crippen LogP contribution in [0.2, 0.25) is 0 Å². The Kier molecular flexibility index (Phi) is 7.55. The summed E-state index contributed by atoms with van der Waals surface area (Å²) in [6.45, 7) is 1.60. The first-order valence-electron chi connectivity index (χ1n) is 10.0. The van der Waals surface area contributed by atoms with Crippen molar-refractivity contribution in [1.82, 2.24) is 4.31 Å². The number of aryl methyl sites for hydroxylation is 1. The molecule has 1 fully saturated rings. The van der Waals surface area contributed by atoms with Gasteiger partial charge in [-0.25, -0.2) is 8.42 Å². The highest BCUT2D eigenvalue weighted by Gasteiger charge is 2.35. The lowest BCUT2D eigenvalue weighted by molar-refractivity contribution is -0.116. The van der Waals surface area contributed by atoms with Crippen LogP contribution in [-0.2, 0) is 14.8 Å². The van der Waals surface area contributed by atoms with Crippen molar-refractivity contribution in [3.8, 4) is 5.75 Å². The minimum Gasteiger partial charge on any atom is -0.495 e. The van der Waals surface area contributed by atoms with Crippen molar-refractivity contribution in [2.24, 2.45) is 0 Å². The van der Waals surface area contributed by atoms with E-state index in [4.69, 9.17) is 4.74 Å². The van der Waals surface area contributed by atoms with Crippen LogP contribution in [0.1, 0.15) is 37.7 Å². The number of rotatable bonds is 7. The van der Waals surface area contributed by atoms with E-state index >= 15 is 0 Å². The number of nitrogens with zero attached hydrogens (tertiary/aromatic N) is 1. The predicted molar refractivity (Wildman–Crippen MR) is 121 cm³/mol. The minimum atomic E-state index is -3.92.